The lowest BCUT2D eigenvalue weighted by Crippen LogP contribution is -2.10. The van der Waals surface area contributed by atoms with E-state index in [2.05, 4.69) is 31.9 Å². The molecule has 0 saturated heterocycles. The molecule has 0 saturated carbocycles. The van der Waals surface area contributed by atoms with Crippen LogP contribution in [-0.4, -0.2) is 22.6 Å². The van der Waals surface area contributed by atoms with E-state index in [0.717, 1.165) is 11.1 Å². The van der Waals surface area contributed by atoms with Gasteiger partial charge in [-0.15, -0.1) is 0 Å². The second-order valence-corrected chi connectivity index (χ2v) is 10.1. The lowest BCUT2D eigenvalue weighted by molar-refractivity contribution is -0.136. The van der Waals surface area contributed by atoms with Gasteiger partial charge in [0.05, 0.1) is 20.9 Å². The molecule has 0 radical (unpaired) electrons. The van der Waals surface area contributed by atoms with Crippen LogP contribution >= 0.6 is 31.9 Å². The van der Waals surface area contributed by atoms with E-state index in [1.165, 1.54) is 6.92 Å². The molecular formula is C27H24Br2O5. The van der Waals surface area contributed by atoms with Crippen LogP contribution in [0.4, 0.5) is 0 Å². The number of carbonyl (C=O) groups excluding carboxylic acids is 2. The van der Waals surface area contributed by atoms with Gasteiger partial charge in [-0.1, -0.05) is 37.6 Å². The Morgan fingerprint density at radius 2 is 1.62 bits per heavy atom. The first kappa shape index (κ1) is 25.8. The Balaban J connectivity index is 2.19. The van der Waals surface area contributed by atoms with E-state index in [4.69, 9.17) is 9.84 Å². The summed E-state index contributed by atoms with van der Waals surface area (Å²) in [5.41, 5.74) is 3.55. The van der Waals surface area contributed by atoms with Crippen LogP contribution in [0.2, 0.25) is 0 Å². The van der Waals surface area contributed by atoms with Gasteiger partial charge in [0.15, 0.2) is 17.3 Å². The van der Waals surface area contributed by atoms with Gasteiger partial charge in [-0.05, 0) is 93.1 Å². The van der Waals surface area contributed by atoms with Crippen molar-refractivity contribution in [2.75, 3.05) is 0 Å². The van der Waals surface area contributed by atoms with E-state index in [0.29, 0.717) is 37.1 Å². The number of carbonyl (C=O) groups is 3. The molecule has 0 aromatic heterocycles. The monoisotopic (exact) mass is 586 g/mol. The van der Waals surface area contributed by atoms with Crippen molar-refractivity contribution in [3.63, 3.8) is 0 Å². The minimum absolute atomic E-state index is 0.0224. The fourth-order valence-corrected chi connectivity index (χ4v) is 5.12. The van der Waals surface area contributed by atoms with Gasteiger partial charge in [-0.3, -0.25) is 14.4 Å². The Morgan fingerprint density at radius 1 is 0.971 bits per heavy atom. The van der Waals surface area contributed by atoms with Crippen molar-refractivity contribution in [1.29, 1.82) is 0 Å². The fraction of sp³-hybridized carbons (Fsp3) is 0.222. The van der Waals surface area contributed by atoms with Crippen molar-refractivity contribution in [1.82, 2.24) is 0 Å². The zero-order valence-corrected chi connectivity index (χ0v) is 22.4. The molecule has 34 heavy (non-hydrogen) atoms. The predicted octanol–water partition coefficient (Wildman–Crippen LogP) is 7.50. The van der Waals surface area contributed by atoms with Crippen LogP contribution in [0.25, 0.3) is 0 Å². The second-order valence-electron chi connectivity index (χ2n) is 8.41. The topological polar surface area (TPSA) is 80.7 Å². The molecule has 3 aromatic carbocycles. The standard InChI is InChI=1S/C27H24Br2O5/c1-14(2)19-13-24(34-27-22(28)9-17(10-23(27)29)11-25(31)32)21(12-20(19)16(4)30)26(33)18-7-5-6-15(3)8-18/h5-10,12-14H,11H2,1-4H3,(H,31,32). The predicted molar refractivity (Wildman–Crippen MR) is 138 cm³/mol. The third-order valence-electron chi connectivity index (χ3n) is 5.30. The SMILES string of the molecule is CC(=O)c1cc(C(=O)c2cccc(C)c2)c(Oc2c(Br)cc(CC(=O)O)cc2Br)cc1C(C)C. The van der Waals surface area contributed by atoms with E-state index in [9.17, 15) is 14.4 Å². The lowest BCUT2D eigenvalue weighted by Gasteiger charge is -2.19. The summed E-state index contributed by atoms with van der Waals surface area (Å²) in [7, 11) is 0. The van der Waals surface area contributed by atoms with Crippen LogP contribution in [-0.2, 0) is 11.2 Å². The minimum atomic E-state index is -0.945. The first-order valence-corrected chi connectivity index (χ1v) is 12.2. The maximum Gasteiger partial charge on any atom is 0.307 e. The summed E-state index contributed by atoms with van der Waals surface area (Å²) >= 11 is 6.92. The van der Waals surface area contributed by atoms with Crippen molar-refractivity contribution < 1.29 is 24.2 Å². The molecule has 0 aliphatic carbocycles. The highest BCUT2D eigenvalue weighted by Crippen LogP contribution is 2.41. The second kappa shape index (κ2) is 10.7. The highest BCUT2D eigenvalue weighted by molar-refractivity contribution is 9.11. The smallest absolute Gasteiger partial charge is 0.307 e. The molecule has 0 unspecified atom stereocenters. The number of rotatable bonds is 8. The number of Topliss-reactive ketones (excluding diaryl/α,β-unsaturated/α-hetero) is 1. The van der Waals surface area contributed by atoms with Crippen LogP contribution in [0, 0.1) is 6.92 Å². The number of carboxylic acids is 1. The number of aryl methyl sites for hydroxylation is 1. The number of hydrogen-bond acceptors (Lipinski definition) is 4. The number of ether oxygens (including phenoxy) is 1. The fourth-order valence-electron chi connectivity index (χ4n) is 3.68. The zero-order chi connectivity index (χ0) is 25.2. The summed E-state index contributed by atoms with van der Waals surface area (Å²) in [4.78, 5) is 37.1. The molecule has 1 N–H and O–H groups in total. The van der Waals surface area contributed by atoms with Crippen molar-refractivity contribution in [3.8, 4) is 11.5 Å². The molecule has 3 aromatic rings. The molecule has 0 atom stereocenters. The number of halogens is 2. The normalized spacial score (nSPS) is 10.9. The molecular weight excluding hydrogens is 564 g/mol. The average molecular weight is 588 g/mol. The first-order valence-electron chi connectivity index (χ1n) is 10.7. The van der Waals surface area contributed by atoms with Crippen LogP contribution in [0.5, 0.6) is 11.5 Å². The van der Waals surface area contributed by atoms with Crippen molar-refractivity contribution in [2.24, 2.45) is 0 Å². The molecule has 0 amide bonds. The Kier molecular flexibility index (Phi) is 8.10. The van der Waals surface area contributed by atoms with Gasteiger partial charge in [-0.2, -0.15) is 0 Å². The van der Waals surface area contributed by atoms with E-state index >= 15 is 0 Å². The van der Waals surface area contributed by atoms with Gasteiger partial charge in [0.2, 0.25) is 0 Å². The van der Waals surface area contributed by atoms with Crippen molar-refractivity contribution in [2.45, 2.75) is 40.0 Å². The Bertz CT molecular complexity index is 1270. The Hall–Kier alpha value is -2.77. The molecule has 0 aliphatic heterocycles. The van der Waals surface area contributed by atoms with Crippen molar-refractivity contribution >= 4 is 49.4 Å². The molecule has 3 rings (SSSR count). The first-order chi connectivity index (χ1) is 16.0. The quantitative estimate of drug-likeness (QED) is 0.276. The van der Waals surface area contributed by atoms with Crippen LogP contribution in [0.3, 0.4) is 0 Å². The van der Waals surface area contributed by atoms with E-state index in [1.54, 1.807) is 36.4 Å². The maximum absolute atomic E-state index is 13.5. The van der Waals surface area contributed by atoms with Gasteiger partial charge < -0.3 is 9.84 Å². The van der Waals surface area contributed by atoms with Crippen molar-refractivity contribution in [3.05, 3.63) is 90.9 Å². The Labute approximate surface area is 215 Å². The molecule has 0 fully saturated rings. The molecule has 7 heteroatoms. The number of carboxylic acid groups (broad SMARTS) is 1. The maximum atomic E-state index is 13.5. The summed E-state index contributed by atoms with van der Waals surface area (Å²) in [6.45, 7) is 7.33. The van der Waals surface area contributed by atoms with E-state index < -0.39 is 5.97 Å². The summed E-state index contributed by atoms with van der Waals surface area (Å²) in [5, 5.41) is 9.10. The van der Waals surface area contributed by atoms with E-state index in [1.807, 2.05) is 32.9 Å². The number of hydrogen-bond donors (Lipinski definition) is 1. The molecule has 0 spiro atoms. The van der Waals surface area contributed by atoms with Crippen LogP contribution in [0.15, 0.2) is 57.5 Å². The van der Waals surface area contributed by atoms with Crippen LogP contribution < -0.4 is 4.74 Å². The van der Waals surface area contributed by atoms with Gasteiger partial charge in [0.25, 0.3) is 0 Å². The van der Waals surface area contributed by atoms with Gasteiger partial charge in [0, 0.05) is 11.1 Å². The zero-order valence-electron chi connectivity index (χ0n) is 19.2. The summed E-state index contributed by atoms with van der Waals surface area (Å²) in [6, 6.07) is 13.9. The van der Waals surface area contributed by atoms with Crippen LogP contribution in [0.1, 0.15) is 69.7 Å². The largest absolute Gasteiger partial charge is 0.481 e. The average Bonchev–Trinajstić information content (AvgIpc) is 2.74. The molecule has 5 nitrogen and oxygen atoms in total. The third kappa shape index (κ3) is 5.83. The number of aliphatic carboxylic acids is 1. The van der Waals surface area contributed by atoms with Gasteiger partial charge in [-0.25, -0.2) is 0 Å². The third-order valence-corrected chi connectivity index (χ3v) is 6.48. The number of benzene rings is 3. The minimum Gasteiger partial charge on any atom is -0.481 e. The molecule has 0 heterocycles. The molecule has 0 bridgehead atoms. The summed E-state index contributed by atoms with van der Waals surface area (Å²) in [5.74, 6) is -0.598. The summed E-state index contributed by atoms with van der Waals surface area (Å²) < 4.78 is 7.33. The summed E-state index contributed by atoms with van der Waals surface area (Å²) in [6.07, 6.45) is -0.140. The molecule has 176 valence electrons. The number of ketones is 2. The highest BCUT2D eigenvalue weighted by atomic mass is 79.9. The Morgan fingerprint density at radius 3 is 2.15 bits per heavy atom. The molecule has 0 aliphatic rings. The van der Waals surface area contributed by atoms with Gasteiger partial charge in [0.1, 0.15) is 5.75 Å². The highest BCUT2D eigenvalue weighted by Gasteiger charge is 2.23. The lowest BCUT2D eigenvalue weighted by atomic mass is 9.90. The van der Waals surface area contributed by atoms with E-state index in [-0.39, 0.29) is 29.5 Å². The van der Waals surface area contributed by atoms with Gasteiger partial charge >= 0.3 is 5.97 Å².